The minimum absolute atomic E-state index is 0.333. The standard InChI is InChI=1S/C10H18N2O2/c1-11(2)10(9(13)14)7-12-5-3-8(10)4-6-12/h8H,3-7H2,1-2H3,(H,13,14). The Morgan fingerprint density at radius 2 is 2.00 bits per heavy atom. The van der Waals surface area contributed by atoms with E-state index in [1.54, 1.807) is 0 Å². The lowest BCUT2D eigenvalue weighted by Gasteiger charge is -2.53. The van der Waals surface area contributed by atoms with Crippen molar-refractivity contribution in [1.82, 2.24) is 9.80 Å². The SMILES string of the molecule is CN(C)C1(C(=O)O)CN2CCC1CC2. The minimum atomic E-state index is -0.656. The second-order valence-corrected chi connectivity index (χ2v) is 4.67. The van der Waals surface area contributed by atoms with E-state index < -0.39 is 11.5 Å². The molecule has 14 heavy (non-hydrogen) atoms. The van der Waals surface area contributed by atoms with Gasteiger partial charge < -0.3 is 10.0 Å². The molecule has 0 aromatic heterocycles. The van der Waals surface area contributed by atoms with Crippen molar-refractivity contribution in [2.45, 2.75) is 18.4 Å². The van der Waals surface area contributed by atoms with Crippen LogP contribution in [0, 0.1) is 5.92 Å². The molecule has 4 heteroatoms. The average molecular weight is 198 g/mol. The number of aliphatic carboxylic acids is 1. The summed E-state index contributed by atoms with van der Waals surface area (Å²) < 4.78 is 0. The molecule has 0 radical (unpaired) electrons. The Labute approximate surface area is 84.5 Å². The molecule has 0 aromatic carbocycles. The van der Waals surface area contributed by atoms with Crippen LogP contribution in [0.3, 0.4) is 0 Å². The summed E-state index contributed by atoms with van der Waals surface area (Å²) in [5.74, 6) is -0.322. The molecule has 0 spiro atoms. The van der Waals surface area contributed by atoms with Gasteiger partial charge in [-0.1, -0.05) is 0 Å². The number of hydrogen-bond acceptors (Lipinski definition) is 3. The van der Waals surface area contributed by atoms with E-state index in [4.69, 9.17) is 0 Å². The zero-order valence-electron chi connectivity index (χ0n) is 8.86. The highest BCUT2D eigenvalue weighted by molar-refractivity contribution is 5.80. The van der Waals surface area contributed by atoms with Gasteiger partial charge in [0.1, 0.15) is 5.54 Å². The predicted molar refractivity (Wildman–Crippen MR) is 53.2 cm³/mol. The van der Waals surface area contributed by atoms with Gasteiger partial charge >= 0.3 is 5.97 Å². The first kappa shape index (κ1) is 9.93. The van der Waals surface area contributed by atoms with Crippen LogP contribution in [0.2, 0.25) is 0 Å². The largest absolute Gasteiger partial charge is 0.480 e. The van der Waals surface area contributed by atoms with Gasteiger partial charge in [-0.05, 0) is 45.9 Å². The third-order valence-corrected chi connectivity index (χ3v) is 3.90. The van der Waals surface area contributed by atoms with E-state index in [0.29, 0.717) is 12.5 Å². The van der Waals surface area contributed by atoms with E-state index in [9.17, 15) is 9.90 Å². The summed E-state index contributed by atoms with van der Waals surface area (Å²) >= 11 is 0. The monoisotopic (exact) mass is 198 g/mol. The number of carbonyl (C=O) groups is 1. The summed E-state index contributed by atoms with van der Waals surface area (Å²) in [6, 6.07) is 0. The summed E-state index contributed by atoms with van der Waals surface area (Å²) in [6.07, 6.45) is 2.06. The first-order valence-corrected chi connectivity index (χ1v) is 5.20. The summed E-state index contributed by atoms with van der Waals surface area (Å²) in [7, 11) is 3.77. The number of carboxylic acid groups (broad SMARTS) is 1. The molecule has 3 rings (SSSR count). The Morgan fingerprint density at radius 1 is 1.43 bits per heavy atom. The lowest BCUT2D eigenvalue weighted by Crippen LogP contribution is -2.69. The molecule has 0 aromatic rings. The maximum absolute atomic E-state index is 11.4. The molecule has 3 saturated heterocycles. The molecule has 3 fully saturated rings. The van der Waals surface area contributed by atoms with Crippen molar-refractivity contribution < 1.29 is 9.90 Å². The van der Waals surface area contributed by atoms with Crippen LogP contribution < -0.4 is 0 Å². The van der Waals surface area contributed by atoms with Crippen molar-refractivity contribution >= 4 is 5.97 Å². The maximum atomic E-state index is 11.4. The molecule has 3 heterocycles. The molecule has 3 aliphatic heterocycles. The second kappa shape index (κ2) is 3.21. The summed E-state index contributed by atoms with van der Waals surface area (Å²) in [5, 5.41) is 9.41. The van der Waals surface area contributed by atoms with Crippen LogP contribution in [0.15, 0.2) is 0 Å². The van der Waals surface area contributed by atoms with Gasteiger partial charge in [0.2, 0.25) is 0 Å². The van der Waals surface area contributed by atoms with Crippen LogP contribution in [0.25, 0.3) is 0 Å². The average Bonchev–Trinajstić information content (AvgIpc) is 2.18. The van der Waals surface area contributed by atoms with E-state index in [1.165, 1.54) is 0 Å². The fraction of sp³-hybridized carbons (Fsp3) is 0.900. The molecule has 1 N–H and O–H groups in total. The number of hydrogen-bond donors (Lipinski definition) is 1. The Hall–Kier alpha value is -0.610. The van der Waals surface area contributed by atoms with Crippen LogP contribution in [0.4, 0.5) is 0 Å². The Bertz CT molecular complexity index is 247. The normalized spacial score (nSPS) is 41.6. The first-order chi connectivity index (χ1) is 6.57. The molecule has 0 aliphatic carbocycles. The van der Waals surface area contributed by atoms with Crippen LogP contribution in [0.1, 0.15) is 12.8 Å². The molecule has 80 valence electrons. The van der Waals surface area contributed by atoms with Gasteiger partial charge in [0.15, 0.2) is 0 Å². The lowest BCUT2D eigenvalue weighted by atomic mass is 9.72. The Morgan fingerprint density at radius 3 is 2.21 bits per heavy atom. The smallest absolute Gasteiger partial charge is 0.325 e. The predicted octanol–water partition coefficient (Wildman–Crippen LogP) is 0.0970. The number of piperidine rings is 3. The van der Waals surface area contributed by atoms with Crippen molar-refractivity contribution in [3.8, 4) is 0 Å². The molecular weight excluding hydrogens is 180 g/mol. The number of fused-ring (bicyclic) bond motifs is 3. The first-order valence-electron chi connectivity index (χ1n) is 5.20. The molecule has 4 nitrogen and oxygen atoms in total. The van der Waals surface area contributed by atoms with Crippen molar-refractivity contribution in [2.24, 2.45) is 5.92 Å². The van der Waals surface area contributed by atoms with Crippen molar-refractivity contribution in [3.05, 3.63) is 0 Å². The Kier molecular flexibility index (Phi) is 2.27. The van der Waals surface area contributed by atoms with E-state index in [-0.39, 0.29) is 0 Å². The fourth-order valence-electron chi connectivity index (χ4n) is 2.98. The van der Waals surface area contributed by atoms with Crippen molar-refractivity contribution in [2.75, 3.05) is 33.7 Å². The zero-order valence-corrected chi connectivity index (χ0v) is 8.86. The number of nitrogens with zero attached hydrogens (tertiary/aromatic N) is 2. The molecule has 2 bridgehead atoms. The number of likely N-dealkylation sites (N-methyl/N-ethyl adjacent to an activating group) is 1. The summed E-state index contributed by atoms with van der Waals surface area (Å²) in [4.78, 5) is 15.6. The highest BCUT2D eigenvalue weighted by atomic mass is 16.4. The van der Waals surface area contributed by atoms with Crippen molar-refractivity contribution in [3.63, 3.8) is 0 Å². The van der Waals surface area contributed by atoms with Crippen LogP contribution in [-0.4, -0.2) is 60.1 Å². The van der Waals surface area contributed by atoms with Crippen LogP contribution in [-0.2, 0) is 4.79 Å². The van der Waals surface area contributed by atoms with Gasteiger partial charge in [-0.25, -0.2) is 0 Å². The van der Waals surface area contributed by atoms with Crippen LogP contribution >= 0.6 is 0 Å². The van der Waals surface area contributed by atoms with Crippen LogP contribution in [0.5, 0.6) is 0 Å². The highest BCUT2D eigenvalue weighted by Gasteiger charge is 2.53. The minimum Gasteiger partial charge on any atom is -0.480 e. The third-order valence-electron chi connectivity index (χ3n) is 3.90. The lowest BCUT2D eigenvalue weighted by molar-refractivity contribution is -0.163. The van der Waals surface area contributed by atoms with Gasteiger partial charge in [-0.15, -0.1) is 0 Å². The molecule has 0 saturated carbocycles. The van der Waals surface area contributed by atoms with Crippen molar-refractivity contribution in [1.29, 1.82) is 0 Å². The quantitative estimate of drug-likeness (QED) is 0.683. The van der Waals surface area contributed by atoms with Gasteiger partial charge in [0.05, 0.1) is 0 Å². The van der Waals surface area contributed by atoms with E-state index in [2.05, 4.69) is 4.90 Å². The fourth-order valence-corrected chi connectivity index (χ4v) is 2.98. The van der Waals surface area contributed by atoms with Gasteiger partial charge in [-0.3, -0.25) is 9.69 Å². The van der Waals surface area contributed by atoms with E-state index in [1.807, 2.05) is 19.0 Å². The van der Waals surface area contributed by atoms with Gasteiger partial charge in [0.25, 0.3) is 0 Å². The number of rotatable bonds is 2. The summed E-state index contributed by atoms with van der Waals surface area (Å²) in [6.45, 7) is 2.85. The topological polar surface area (TPSA) is 43.8 Å². The molecule has 0 amide bonds. The molecule has 3 aliphatic rings. The van der Waals surface area contributed by atoms with E-state index in [0.717, 1.165) is 25.9 Å². The number of carboxylic acids is 1. The van der Waals surface area contributed by atoms with E-state index >= 15 is 0 Å². The van der Waals surface area contributed by atoms with Gasteiger partial charge in [0, 0.05) is 6.54 Å². The highest BCUT2D eigenvalue weighted by Crippen LogP contribution is 2.38. The summed E-state index contributed by atoms with van der Waals surface area (Å²) in [5.41, 5.74) is -0.628. The molecule has 1 atom stereocenters. The maximum Gasteiger partial charge on any atom is 0.325 e. The van der Waals surface area contributed by atoms with Gasteiger partial charge in [-0.2, -0.15) is 0 Å². The zero-order chi connectivity index (χ0) is 10.3. The second-order valence-electron chi connectivity index (χ2n) is 4.67. The third kappa shape index (κ3) is 1.17. The molecular formula is C10H18N2O2. The Balaban J connectivity index is 2.31. The molecule has 1 unspecified atom stereocenters.